The average Bonchev–Trinajstić information content (AvgIpc) is 2.14. The summed E-state index contributed by atoms with van der Waals surface area (Å²) in [5, 5.41) is 8.65. The third kappa shape index (κ3) is 2.22. The summed E-state index contributed by atoms with van der Waals surface area (Å²) >= 11 is 0. The molecule has 0 bridgehead atoms. The third-order valence-electron chi connectivity index (χ3n) is 2.07. The fourth-order valence-corrected chi connectivity index (χ4v) is 1.46. The van der Waals surface area contributed by atoms with E-state index in [1.54, 1.807) is 0 Å². The molecule has 0 fully saturated rings. The normalized spacial score (nSPS) is 11.0. The molecule has 16 heavy (non-hydrogen) atoms. The van der Waals surface area contributed by atoms with Crippen molar-refractivity contribution < 1.29 is 18.0 Å². The number of carbonyl (C=O) groups is 1. The maximum Gasteiger partial charge on any atom is 0.418 e. The van der Waals surface area contributed by atoms with E-state index >= 15 is 0 Å². The number of Topliss-reactive ketones (excluding diaryl/α,β-unsaturated/α-hetero) is 1. The lowest BCUT2D eigenvalue weighted by Gasteiger charge is -2.13. The van der Waals surface area contributed by atoms with Crippen LogP contribution in [0.3, 0.4) is 0 Å². The first-order chi connectivity index (χ1) is 7.27. The number of carbonyl (C=O) groups excluding carboxylic acids is 1. The monoisotopic (exact) mass is 227 g/mol. The van der Waals surface area contributed by atoms with Gasteiger partial charge in [-0.05, 0) is 31.5 Å². The molecule has 0 heterocycles. The summed E-state index contributed by atoms with van der Waals surface area (Å²) < 4.78 is 38.1. The number of hydrogen-bond donors (Lipinski definition) is 0. The van der Waals surface area contributed by atoms with Crippen molar-refractivity contribution in [2.45, 2.75) is 20.0 Å². The van der Waals surface area contributed by atoms with Gasteiger partial charge in [0.05, 0.1) is 17.2 Å². The lowest BCUT2D eigenvalue weighted by Crippen LogP contribution is -2.14. The molecule has 0 aliphatic carbocycles. The van der Waals surface area contributed by atoms with Crippen LogP contribution in [0.5, 0.6) is 0 Å². The van der Waals surface area contributed by atoms with Crippen LogP contribution in [0.25, 0.3) is 0 Å². The Morgan fingerprint density at radius 2 is 1.94 bits per heavy atom. The molecule has 0 atom stereocenters. The van der Waals surface area contributed by atoms with Gasteiger partial charge in [0.1, 0.15) is 0 Å². The SMILES string of the molecule is CC(=O)c1cc(C)cc(C#N)c1C(F)(F)F. The number of nitriles is 1. The van der Waals surface area contributed by atoms with Gasteiger partial charge >= 0.3 is 6.18 Å². The number of ketones is 1. The number of rotatable bonds is 1. The van der Waals surface area contributed by atoms with Crippen molar-refractivity contribution in [3.63, 3.8) is 0 Å². The maximum atomic E-state index is 12.7. The highest BCUT2D eigenvalue weighted by Crippen LogP contribution is 2.35. The Morgan fingerprint density at radius 3 is 2.31 bits per heavy atom. The van der Waals surface area contributed by atoms with Crippen molar-refractivity contribution in [2.24, 2.45) is 0 Å². The number of alkyl halides is 3. The predicted molar refractivity (Wildman–Crippen MR) is 50.9 cm³/mol. The van der Waals surface area contributed by atoms with Crippen LogP contribution < -0.4 is 0 Å². The molecule has 0 amide bonds. The Morgan fingerprint density at radius 1 is 1.38 bits per heavy atom. The van der Waals surface area contributed by atoms with Crippen LogP contribution in [0, 0.1) is 18.3 Å². The Bertz CT molecular complexity index is 483. The standard InChI is InChI=1S/C11H8F3NO/c1-6-3-8(5-15)10(11(12,13)14)9(4-6)7(2)16/h3-4H,1-2H3. The lowest BCUT2D eigenvalue weighted by molar-refractivity contribution is -0.138. The molecule has 0 spiro atoms. The molecule has 0 unspecified atom stereocenters. The van der Waals surface area contributed by atoms with Gasteiger partial charge in [-0.25, -0.2) is 0 Å². The molecule has 1 aromatic carbocycles. The summed E-state index contributed by atoms with van der Waals surface area (Å²) in [5.74, 6) is -0.701. The number of hydrogen-bond acceptors (Lipinski definition) is 2. The molecule has 2 nitrogen and oxygen atoms in total. The van der Waals surface area contributed by atoms with Crippen LogP contribution in [0.15, 0.2) is 12.1 Å². The molecule has 0 saturated heterocycles. The van der Waals surface area contributed by atoms with Crippen molar-refractivity contribution in [2.75, 3.05) is 0 Å². The maximum absolute atomic E-state index is 12.7. The van der Waals surface area contributed by atoms with E-state index in [0.29, 0.717) is 5.56 Å². The minimum atomic E-state index is -4.69. The number of aryl methyl sites for hydroxylation is 1. The van der Waals surface area contributed by atoms with Crippen molar-refractivity contribution in [3.8, 4) is 6.07 Å². The van der Waals surface area contributed by atoms with Crippen molar-refractivity contribution >= 4 is 5.78 Å². The molecule has 0 aromatic heterocycles. The van der Waals surface area contributed by atoms with Crippen LogP contribution in [0.4, 0.5) is 13.2 Å². The molecule has 0 saturated carbocycles. The molecular weight excluding hydrogens is 219 g/mol. The van der Waals surface area contributed by atoms with Gasteiger partial charge in [-0.1, -0.05) is 0 Å². The highest BCUT2D eigenvalue weighted by atomic mass is 19.4. The Balaban J connectivity index is 3.67. The van der Waals surface area contributed by atoms with Crippen LogP contribution >= 0.6 is 0 Å². The van der Waals surface area contributed by atoms with Gasteiger partial charge in [0.25, 0.3) is 0 Å². The number of nitrogens with zero attached hydrogens (tertiary/aromatic N) is 1. The zero-order valence-electron chi connectivity index (χ0n) is 8.64. The summed E-state index contributed by atoms with van der Waals surface area (Å²) in [5.41, 5.74) is -1.66. The molecule has 1 rings (SSSR count). The molecular formula is C11H8F3NO. The highest BCUT2D eigenvalue weighted by Gasteiger charge is 2.37. The minimum Gasteiger partial charge on any atom is -0.294 e. The molecule has 84 valence electrons. The van der Waals surface area contributed by atoms with Crippen LogP contribution in [-0.2, 0) is 6.18 Å². The highest BCUT2D eigenvalue weighted by molar-refractivity contribution is 5.96. The summed E-state index contributed by atoms with van der Waals surface area (Å²) in [6.45, 7) is 2.58. The molecule has 1 aromatic rings. The topological polar surface area (TPSA) is 40.9 Å². The summed E-state index contributed by atoms with van der Waals surface area (Å²) in [6.07, 6.45) is -4.69. The van der Waals surface area contributed by atoms with Crippen molar-refractivity contribution in [1.82, 2.24) is 0 Å². The first-order valence-electron chi connectivity index (χ1n) is 4.40. The van der Waals surface area contributed by atoms with Gasteiger partial charge in [-0.3, -0.25) is 4.79 Å². The van der Waals surface area contributed by atoms with E-state index in [4.69, 9.17) is 5.26 Å². The third-order valence-corrected chi connectivity index (χ3v) is 2.07. The second-order valence-electron chi connectivity index (χ2n) is 3.40. The summed E-state index contributed by atoms with van der Waals surface area (Å²) in [4.78, 5) is 11.1. The van der Waals surface area contributed by atoms with Crippen LogP contribution in [0.1, 0.15) is 34.0 Å². The van der Waals surface area contributed by atoms with E-state index in [2.05, 4.69) is 0 Å². The molecule has 0 radical (unpaired) electrons. The number of halogens is 3. The van der Waals surface area contributed by atoms with Crippen LogP contribution in [0.2, 0.25) is 0 Å². The predicted octanol–water partition coefficient (Wildman–Crippen LogP) is 3.09. The molecule has 0 aliphatic rings. The van der Waals surface area contributed by atoms with Gasteiger partial charge in [0, 0.05) is 5.56 Å². The van der Waals surface area contributed by atoms with Gasteiger partial charge < -0.3 is 0 Å². The molecule has 0 N–H and O–H groups in total. The van der Waals surface area contributed by atoms with E-state index in [1.165, 1.54) is 13.0 Å². The second-order valence-corrected chi connectivity index (χ2v) is 3.40. The zero-order chi connectivity index (χ0) is 12.5. The fraction of sp³-hybridized carbons (Fsp3) is 0.273. The average molecular weight is 227 g/mol. The van der Waals surface area contributed by atoms with Gasteiger partial charge in [-0.2, -0.15) is 18.4 Å². The van der Waals surface area contributed by atoms with E-state index < -0.39 is 28.6 Å². The fourth-order valence-electron chi connectivity index (χ4n) is 1.46. The zero-order valence-corrected chi connectivity index (χ0v) is 8.64. The van der Waals surface area contributed by atoms with E-state index in [0.717, 1.165) is 19.1 Å². The van der Waals surface area contributed by atoms with Gasteiger partial charge in [0.2, 0.25) is 0 Å². The van der Waals surface area contributed by atoms with E-state index in [-0.39, 0.29) is 0 Å². The van der Waals surface area contributed by atoms with Crippen molar-refractivity contribution in [1.29, 1.82) is 5.26 Å². The first kappa shape index (κ1) is 12.2. The first-order valence-corrected chi connectivity index (χ1v) is 4.40. The Kier molecular flexibility index (Phi) is 3.04. The largest absolute Gasteiger partial charge is 0.418 e. The Labute approximate surface area is 90.3 Å². The van der Waals surface area contributed by atoms with Crippen molar-refractivity contribution in [3.05, 3.63) is 34.4 Å². The molecule has 0 aliphatic heterocycles. The van der Waals surface area contributed by atoms with E-state index in [9.17, 15) is 18.0 Å². The minimum absolute atomic E-state index is 0.453. The smallest absolute Gasteiger partial charge is 0.294 e. The molecule has 5 heteroatoms. The summed E-state index contributed by atoms with van der Waals surface area (Å²) in [7, 11) is 0. The summed E-state index contributed by atoms with van der Waals surface area (Å²) in [6, 6.07) is 3.73. The van der Waals surface area contributed by atoms with E-state index in [1.807, 2.05) is 0 Å². The van der Waals surface area contributed by atoms with Gasteiger partial charge in [-0.15, -0.1) is 0 Å². The Hall–Kier alpha value is -1.83. The number of benzene rings is 1. The van der Waals surface area contributed by atoms with Gasteiger partial charge in [0.15, 0.2) is 5.78 Å². The lowest BCUT2D eigenvalue weighted by atomic mass is 9.96. The quantitative estimate of drug-likeness (QED) is 0.691. The van der Waals surface area contributed by atoms with Crippen LogP contribution in [-0.4, -0.2) is 5.78 Å². The second kappa shape index (κ2) is 3.97.